The molecule has 10 bridgehead atoms. The van der Waals surface area contributed by atoms with E-state index in [0.29, 0.717) is 80.2 Å². The topological polar surface area (TPSA) is 302 Å². The molecule has 8 aromatic rings. The van der Waals surface area contributed by atoms with Crippen LogP contribution in [0.4, 0.5) is 5.82 Å². The largest absolute Gasteiger partial charge is 0.481 e. The number of aliphatic carboxylic acids is 1. The van der Waals surface area contributed by atoms with Crippen LogP contribution >= 0.6 is 68.0 Å². The number of nitrogens with zero attached hydrogens (tertiary/aromatic N) is 7. The number of aromatic nitrogens is 7. The Hall–Kier alpha value is -7.37. The van der Waals surface area contributed by atoms with Crippen molar-refractivity contribution in [3.63, 3.8) is 0 Å². The fourth-order valence-corrected chi connectivity index (χ4v) is 14.2. The van der Waals surface area contributed by atoms with E-state index in [1.54, 1.807) is 72.0 Å². The summed E-state index contributed by atoms with van der Waals surface area (Å²) in [6.07, 6.45) is -1.33. The Morgan fingerprint density at radius 2 is 1.48 bits per heavy atom. The molecule has 0 saturated carbocycles. The number of benzene rings is 1. The van der Waals surface area contributed by atoms with Gasteiger partial charge in [0.15, 0.2) is 5.78 Å². The molecule has 0 unspecified atom stereocenters. The lowest BCUT2D eigenvalue weighted by Crippen LogP contribution is -2.38. The normalized spacial score (nSPS) is 16.5. The average Bonchev–Trinajstić information content (AvgIpc) is 4.53. The highest BCUT2D eigenvalue weighted by Gasteiger charge is 2.32. The molecule has 7 aromatic heterocycles. The van der Waals surface area contributed by atoms with Crippen molar-refractivity contribution in [2.24, 2.45) is 5.92 Å². The van der Waals surface area contributed by atoms with E-state index in [1.165, 1.54) is 75.1 Å². The van der Waals surface area contributed by atoms with Gasteiger partial charge in [0.05, 0.1) is 46.9 Å². The zero-order valence-corrected chi connectivity index (χ0v) is 49.1. The first-order chi connectivity index (χ1) is 39.0. The molecule has 1 aliphatic rings. The number of carbonyl (C=O) groups is 6. The summed E-state index contributed by atoms with van der Waals surface area (Å²) in [6.45, 7) is 9.96. The van der Waals surface area contributed by atoms with Crippen molar-refractivity contribution >= 4 is 115 Å². The van der Waals surface area contributed by atoms with E-state index >= 15 is 0 Å². The number of hydrogen-bond acceptors (Lipinski definition) is 22. The molecular formula is C54H54N12O9S6. The van der Waals surface area contributed by atoms with Crippen LogP contribution in [0.15, 0.2) is 70.6 Å². The number of rotatable bonds is 13. The Morgan fingerprint density at radius 3 is 2.23 bits per heavy atom. The minimum atomic E-state index is -1.21. The van der Waals surface area contributed by atoms with Crippen LogP contribution in [0.1, 0.15) is 127 Å². The number of ketones is 1. The molecule has 21 nitrogen and oxygen atoms in total. The van der Waals surface area contributed by atoms with Crippen LogP contribution in [0.3, 0.4) is 0 Å². The van der Waals surface area contributed by atoms with E-state index < -0.39 is 36.0 Å². The van der Waals surface area contributed by atoms with Crippen molar-refractivity contribution in [1.82, 2.24) is 56.2 Å². The Labute approximate surface area is 488 Å². The van der Waals surface area contributed by atoms with E-state index in [9.17, 15) is 33.9 Å². The zero-order chi connectivity index (χ0) is 57.5. The molecule has 420 valence electrons. The quantitative estimate of drug-likeness (QED) is 0.0566. The van der Waals surface area contributed by atoms with Gasteiger partial charge in [0.2, 0.25) is 17.7 Å². The number of amides is 4. The van der Waals surface area contributed by atoms with Crippen LogP contribution in [0, 0.1) is 12.8 Å². The number of pyridine rings is 1. The molecule has 0 saturated heterocycles. The van der Waals surface area contributed by atoms with Crippen LogP contribution in [-0.4, -0.2) is 101 Å². The first-order valence-corrected chi connectivity index (χ1v) is 30.4. The lowest BCUT2D eigenvalue weighted by Gasteiger charge is -2.23. The van der Waals surface area contributed by atoms with Crippen molar-refractivity contribution in [1.29, 1.82) is 0 Å². The van der Waals surface area contributed by atoms with Gasteiger partial charge in [-0.1, -0.05) is 50.8 Å². The summed E-state index contributed by atoms with van der Waals surface area (Å²) in [5, 5.41) is 45.0. The number of hydrogen-bond donors (Lipinski definition) is 7. The van der Waals surface area contributed by atoms with Gasteiger partial charge >= 0.3 is 5.97 Å². The van der Waals surface area contributed by atoms with Gasteiger partial charge in [0.1, 0.15) is 77.2 Å². The molecule has 4 atom stereocenters. The van der Waals surface area contributed by atoms with Gasteiger partial charge in [-0.2, -0.15) is 0 Å². The third-order valence-corrected chi connectivity index (χ3v) is 18.6. The highest BCUT2D eigenvalue weighted by atomic mass is 32.1. The number of ether oxygens (including phenoxy) is 1. The first-order valence-electron chi connectivity index (χ1n) is 25.3. The van der Waals surface area contributed by atoms with Crippen molar-refractivity contribution in [2.45, 2.75) is 83.6 Å². The number of carboxylic acids is 1. The Kier molecular flexibility index (Phi) is 18.7. The van der Waals surface area contributed by atoms with E-state index in [-0.39, 0.29) is 91.9 Å². The number of nitrogens with one attached hydrogen (secondary N) is 5. The number of methoxy groups -OCH3 is 1. The highest BCUT2D eigenvalue weighted by molar-refractivity contribution is 7.15. The van der Waals surface area contributed by atoms with Crippen LogP contribution in [-0.2, 0) is 30.5 Å². The number of fused-ring (bicyclic) bond motifs is 14. The molecular weight excluding hydrogens is 1150 g/mol. The second kappa shape index (κ2) is 26.0. The Balaban J connectivity index is 1.12. The van der Waals surface area contributed by atoms with Crippen molar-refractivity contribution in [2.75, 3.05) is 26.0 Å². The van der Waals surface area contributed by atoms with E-state index in [1.807, 2.05) is 19.9 Å². The van der Waals surface area contributed by atoms with E-state index in [0.717, 1.165) is 4.88 Å². The number of Topliss-reactive ketones (excluding diaryl/α,β-unsaturated/α-hetero) is 1. The number of thiazole rings is 6. The summed E-state index contributed by atoms with van der Waals surface area (Å²) in [6, 6.07) is 10.5. The minimum Gasteiger partial charge on any atom is -0.481 e. The van der Waals surface area contributed by atoms with Gasteiger partial charge in [-0.05, 0) is 37.0 Å². The summed E-state index contributed by atoms with van der Waals surface area (Å²) >= 11 is 7.54. The van der Waals surface area contributed by atoms with Crippen LogP contribution in [0.25, 0.3) is 49.1 Å². The monoisotopic (exact) mass is 1210 g/mol. The highest BCUT2D eigenvalue weighted by Crippen LogP contribution is 2.41. The lowest BCUT2D eigenvalue weighted by molar-refractivity contribution is -0.137. The predicted molar refractivity (Wildman–Crippen MR) is 313 cm³/mol. The van der Waals surface area contributed by atoms with Crippen molar-refractivity contribution in [3.8, 4) is 43.4 Å². The predicted octanol–water partition coefficient (Wildman–Crippen LogP) is 9.22. The second-order valence-electron chi connectivity index (χ2n) is 18.9. The third-order valence-electron chi connectivity index (χ3n) is 12.8. The van der Waals surface area contributed by atoms with Gasteiger partial charge in [-0.15, -0.1) is 68.0 Å². The Morgan fingerprint density at radius 1 is 0.765 bits per heavy atom. The second-order valence-corrected chi connectivity index (χ2v) is 24.7. The molecule has 0 aliphatic carbocycles. The number of aliphatic hydroxyl groups excluding tert-OH is 1. The van der Waals surface area contributed by atoms with Crippen molar-refractivity contribution in [3.05, 3.63) is 118 Å². The maximum atomic E-state index is 14.4. The molecule has 27 heteroatoms. The van der Waals surface area contributed by atoms with Crippen LogP contribution in [0.2, 0.25) is 0 Å². The molecule has 1 aromatic carbocycles. The molecule has 8 heterocycles. The molecule has 0 fully saturated rings. The number of aliphatic hydroxyl groups is 1. The molecule has 9 rings (SSSR count). The maximum absolute atomic E-state index is 14.4. The number of carbonyl (C=O) groups excluding carboxylic acids is 5. The fraction of sp³-hybridized carbons (Fsp3) is 0.315. The third kappa shape index (κ3) is 13.9. The van der Waals surface area contributed by atoms with Gasteiger partial charge in [0.25, 0.3) is 5.91 Å². The van der Waals surface area contributed by atoms with Gasteiger partial charge in [-0.3, -0.25) is 28.8 Å². The summed E-state index contributed by atoms with van der Waals surface area (Å²) in [4.78, 5) is 115. The molecule has 7 N–H and O–H groups in total. The fourth-order valence-electron chi connectivity index (χ4n) is 8.59. The molecule has 0 spiro atoms. The smallest absolute Gasteiger partial charge is 0.303 e. The molecule has 4 amide bonds. The Bertz CT molecular complexity index is 3640. The zero-order valence-electron chi connectivity index (χ0n) is 44.2. The SMILES string of the molecule is C=C1NCC(=O)N[C@@H]([C@@H](O)c2ccccc2)c2nc(cs2)-c2nc(cs2)-c2nc(-c3nc(NC(=O)CCCC(=O)O)cs3)ccc2-c2nc(cs2)C(=O)N[C@@H](CC(=O)NC)c2nc(c(C)s2)C(=O)C[C@@H](C(C)C)c2nc1c(COC)s2. The number of aryl methyl sites for hydroxylation is 1. The minimum absolute atomic E-state index is 0.000620. The van der Waals surface area contributed by atoms with E-state index in [2.05, 4.69) is 38.1 Å². The molecule has 81 heavy (non-hydrogen) atoms. The standard InChI is InChI=1S/C54H54N12O9S6/c1-25(2)30-17-36(67)44-27(4)80-53(66-44)32(18-40(69)55-5)58-48(74)34-22-76-49(60-34)29-15-16-31(51-63-38(24-79-51)62-39(68)13-10-14-42(71)72)57-45(29)33-21-77-52(59-33)35-23-78-54(61-35)46(47(73)28-11-8-7-9-12-28)64-41(70)19-56-26(3)43-37(20-75-6)81-50(30)65-43/h7-9,11-12,15-16,21-25,30,32,46-47,56,73H,3,10,13-14,17-20H2,1-2,4-6H3,(H,55,69)(H,58,74)(H,62,68)(H,64,70)(H,71,72)/t30-,32-,46-,47-/m0/s1. The summed E-state index contributed by atoms with van der Waals surface area (Å²) in [5.74, 6) is -3.20. The molecule has 1 aliphatic heterocycles. The summed E-state index contributed by atoms with van der Waals surface area (Å²) < 4.78 is 5.57. The van der Waals surface area contributed by atoms with Crippen LogP contribution in [0.5, 0.6) is 0 Å². The van der Waals surface area contributed by atoms with Crippen LogP contribution < -0.4 is 26.6 Å². The average molecular weight is 1210 g/mol. The van der Waals surface area contributed by atoms with E-state index in [4.69, 9.17) is 39.7 Å². The van der Waals surface area contributed by atoms with Gasteiger partial charge < -0.3 is 41.5 Å². The van der Waals surface area contributed by atoms with Gasteiger partial charge in [0, 0.05) is 71.3 Å². The van der Waals surface area contributed by atoms with Gasteiger partial charge in [-0.25, -0.2) is 34.9 Å². The summed E-state index contributed by atoms with van der Waals surface area (Å²) in [7, 11) is 3.05. The van der Waals surface area contributed by atoms with Crippen molar-refractivity contribution < 1.29 is 43.7 Å². The first kappa shape index (κ1) is 58.3. The summed E-state index contributed by atoms with van der Waals surface area (Å²) in [5.41, 5.74) is 3.85. The lowest BCUT2D eigenvalue weighted by atomic mass is 9.90. The number of anilines is 1. The maximum Gasteiger partial charge on any atom is 0.303 e. The molecule has 0 radical (unpaired) electrons. The number of carboxylic acid groups (broad SMARTS) is 1.